The summed E-state index contributed by atoms with van der Waals surface area (Å²) in [5, 5.41) is 9.64. The van der Waals surface area contributed by atoms with Crippen molar-refractivity contribution in [1.82, 2.24) is 15.0 Å². The highest BCUT2D eigenvalue weighted by Gasteiger charge is 2.08. The second kappa shape index (κ2) is 9.18. The lowest BCUT2D eigenvalue weighted by Gasteiger charge is -2.16. The number of aromatic hydroxyl groups is 1. The van der Waals surface area contributed by atoms with E-state index in [-0.39, 0.29) is 10.8 Å². The van der Waals surface area contributed by atoms with Gasteiger partial charge in [-0.1, -0.05) is 23.5 Å². The Kier molecular flexibility index (Phi) is 6.43. The van der Waals surface area contributed by atoms with Crippen molar-refractivity contribution in [2.45, 2.75) is 19.3 Å². The Morgan fingerprint density at radius 3 is 2.59 bits per heavy atom. The highest BCUT2D eigenvalue weighted by Crippen LogP contribution is 2.21. The Morgan fingerprint density at radius 2 is 1.93 bits per heavy atom. The molecule has 1 aromatic carbocycles. The number of hydrogen-bond donors (Lipinski definition) is 2. The molecule has 0 bridgehead atoms. The number of benzene rings is 1. The molecule has 2 heterocycles. The third kappa shape index (κ3) is 5.55. The minimum absolute atomic E-state index is 0.0452. The van der Waals surface area contributed by atoms with Crippen LogP contribution in [0.5, 0.6) is 11.6 Å². The molecule has 0 amide bonds. The van der Waals surface area contributed by atoms with Gasteiger partial charge in [0, 0.05) is 32.4 Å². The fraction of sp³-hybridized carbons (Fsp3) is 0.316. The van der Waals surface area contributed by atoms with Crippen LogP contribution < -0.4 is 14.5 Å². The molecule has 8 heteroatoms. The van der Waals surface area contributed by atoms with Gasteiger partial charge in [-0.3, -0.25) is 9.78 Å². The standard InChI is InChI=1S/C19H22N4O3S/c1-23(18-20-9-4-10-21-18)11-2-3-12-26-15-7-5-14(6-8-15)13-16-17(24)22-19(25)27-16/h4-10,24H,2-3,11-13H2,1H3,(H,22,25). The molecule has 0 aliphatic heterocycles. The summed E-state index contributed by atoms with van der Waals surface area (Å²) in [5.41, 5.74) is 1.01. The van der Waals surface area contributed by atoms with E-state index < -0.39 is 0 Å². The van der Waals surface area contributed by atoms with Crippen molar-refractivity contribution in [3.8, 4) is 11.6 Å². The van der Waals surface area contributed by atoms with Crippen LogP contribution in [0.2, 0.25) is 0 Å². The Bertz CT molecular complexity index is 893. The van der Waals surface area contributed by atoms with E-state index in [0.29, 0.717) is 17.9 Å². The Balaban J connectivity index is 1.39. The van der Waals surface area contributed by atoms with E-state index in [1.807, 2.05) is 36.2 Å². The molecule has 0 fully saturated rings. The topological polar surface area (TPSA) is 91.3 Å². The van der Waals surface area contributed by atoms with E-state index in [2.05, 4.69) is 15.0 Å². The number of thiazole rings is 1. The maximum atomic E-state index is 11.2. The summed E-state index contributed by atoms with van der Waals surface area (Å²) in [5.74, 6) is 1.49. The van der Waals surface area contributed by atoms with Crippen molar-refractivity contribution in [2.75, 3.05) is 25.1 Å². The zero-order chi connectivity index (χ0) is 19.1. The molecule has 0 spiro atoms. The number of hydrogen-bond acceptors (Lipinski definition) is 7. The first-order valence-corrected chi connectivity index (χ1v) is 9.54. The summed E-state index contributed by atoms with van der Waals surface area (Å²) in [6.07, 6.45) is 5.92. The molecule has 0 saturated carbocycles. The van der Waals surface area contributed by atoms with Gasteiger partial charge in [0.05, 0.1) is 11.5 Å². The van der Waals surface area contributed by atoms with Crippen LogP contribution in [0, 0.1) is 0 Å². The van der Waals surface area contributed by atoms with Gasteiger partial charge in [0.25, 0.3) is 0 Å². The number of nitrogens with zero attached hydrogens (tertiary/aromatic N) is 3. The molecule has 0 unspecified atom stereocenters. The van der Waals surface area contributed by atoms with Crippen molar-refractivity contribution < 1.29 is 9.84 Å². The first-order valence-electron chi connectivity index (χ1n) is 8.72. The van der Waals surface area contributed by atoms with Gasteiger partial charge in [-0.15, -0.1) is 0 Å². The van der Waals surface area contributed by atoms with Gasteiger partial charge in [0.15, 0.2) is 0 Å². The van der Waals surface area contributed by atoms with Crippen molar-refractivity contribution in [2.24, 2.45) is 0 Å². The van der Waals surface area contributed by atoms with Crippen molar-refractivity contribution in [3.05, 3.63) is 62.8 Å². The van der Waals surface area contributed by atoms with Crippen LogP contribution in [0.4, 0.5) is 5.95 Å². The van der Waals surface area contributed by atoms with Crippen molar-refractivity contribution in [3.63, 3.8) is 0 Å². The third-order valence-electron chi connectivity index (χ3n) is 4.04. The fourth-order valence-electron chi connectivity index (χ4n) is 2.59. The second-order valence-electron chi connectivity index (χ2n) is 6.13. The molecule has 7 nitrogen and oxygen atoms in total. The average molecular weight is 386 g/mol. The number of unbranched alkanes of at least 4 members (excludes halogenated alkanes) is 1. The lowest BCUT2D eigenvalue weighted by Crippen LogP contribution is -2.21. The van der Waals surface area contributed by atoms with E-state index in [1.165, 1.54) is 0 Å². The van der Waals surface area contributed by atoms with Gasteiger partial charge < -0.3 is 14.7 Å². The molecule has 0 atom stereocenters. The Morgan fingerprint density at radius 1 is 1.19 bits per heavy atom. The SMILES string of the molecule is CN(CCCCOc1ccc(Cc2sc(=O)[nH]c2O)cc1)c1ncccn1. The summed E-state index contributed by atoms with van der Waals surface area (Å²) >= 11 is 1.03. The summed E-state index contributed by atoms with van der Waals surface area (Å²) in [4.78, 5) is 24.5. The van der Waals surface area contributed by atoms with E-state index >= 15 is 0 Å². The molecule has 3 rings (SSSR count). The van der Waals surface area contributed by atoms with E-state index in [0.717, 1.165) is 48.0 Å². The van der Waals surface area contributed by atoms with Crippen LogP contribution in [0.15, 0.2) is 47.5 Å². The quantitative estimate of drug-likeness (QED) is 0.550. The first-order chi connectivity index (χ1) is 13.1. The molecule has 3 aromatic rings. The van der Waals surface area contributed by atoms with Gasteiger partial charge in [0.2, 0.25) is 11.8 Å². The average Bonchev–Trinajstić information content (AvgIpc) is 3.00. The summed E-state index contributed by atoms with van der Waals surface area (Å²) in [6.45, 7) is 1.51. The fourth-order valence-corrected chi connectivity index (χ4v) is 3.35. The molecule has 2 N–H and O–H groups in total. The third-order valence-corrected chi connectivity index (χ3v) is 4.91. The highest BCUT2D eigenvalue weighted by atomic mass is 32.1. The molecular weight excluding hydrogens is 364 g/mol. The highest BCUT2D eigenvalue weighted by molar-refractivity contribution is 7.09. The lowest BCUT2D eigenvalue weighted by atomic mass is 10.1. The zero-order valence-electron chi connectivity index (χ0n) is 15.1. The summed E-state index contributed by atoms with van der Waals surface area (Å²) in [7, 11) is 1.98. The summed E-state index contributed by atoms with van der Waals surface area (Å²) in [6, 6.07) is 9.51. The van der Waals surface area contributed by atoms with Crippen LogP contribution in [-0.4, -0.2) is 40.3 Å². The largest absolute Gasteiger partial charge is 0.494 e. The van der Waals surface area contributed by atoms with Crippen molar-refractivity contribution in [1.29, 1.82) is 0 Å². The first kappa shape index (κ1) is 18.9. The Labute approximate surface area is 161 Å². The molecule has 0 aliphatic carbocycles. The molecule has 27 heavy (non-hydrogen) atoms. The molecule has 0 saturated heterocycles. The number of aromatic amines is 1. The molecule has 2 aromatic heterocycles. The number of rotatable bonds is 9. The minimum Gasteiger partial charge on any atom is -0.494 e. The lowest BCUT2D eigenvalue weighted by molar-refractivity contribution is 0.307. The number of nitrogens with one attached hydrogen (secondary N) is 1. The molecular formula is C19H22N4O3S. The van der Waals surface area contributed by atoms with Gasteiger partial charge in [-0.05, 0) is 36.6 Å². The van der Waals surface area contributed by atoms with Crippen LogP contribution in [0.1, 0.15) is 23.3 Å². The van der Waals surface area contributed by atoms with Gasteiger partial charge in [0.1, 0.15) is 5.75 Å². The van der Waals surface area contributed by atoms with E-state index in [9.17, 15) is 9.90 Å². The summed E-state index contributed by atoms with van der Waals surface area (Å²) < 4.78 is 5.77. The Hall–Kier alpha value is -2.87. The molecule has 0 radical (unpaired) electrons. The van der Waals surface area contributed by atoms with E-state index in [4.69, 9.17) is 4.74 Å². The van der Waals surface area contributed by atoms with Gasteiger partial charge in [-0.2, -0.15) is 0 Å². The zero-order valence-corrected chi connectivity index (χ0v) is 15.9. The van der Waals surface area contributed by atoms with E-state index in [1.54, 1.807) is 18.5 Å². The minimum atomic E-state index is -0.244. The van der Waals surface area contributed by atoms with Crippen molar-refractivity contribution >= 4 is 17.3 Å². The van der Waals surface area contributed by atoms with Crippen LogP contribution in [0.25, 0.3) is 0 Å². The van der Waals surface area contributed by atoms with Crippen LogP contribution in [-0.2, 0) is 6.42 Å². The van der Waals surface area contributed by atoms with Crippen LogP contribution in [0.3, 0.4) is 0 Å². The number of anilines is 1. The van der Waals surface area contributed by atoms with Gasteiger partial charge in [-0.25, -0.2) is 9.97 Å². The number of ether oxygens (including phenoxy) is 1. The molecule has 142 valence electrons. The maximum absolute atomic E-state index is 11.2. The monoisotopic (exact) mass is 386 g/mol. The second-order valence-corrected chi connectivity index (χ2v) is 7.20. The molecule has 0 aliphatic rings. The number of aromatic nitrogens is 3. The smallest absolute Gasteiger partial charge is 0.307 e. The van der Waals surface area contributed by atoms with Gasteiger partial charge >= 0.3 is 4.87 Å². The maximum Gasteiger partial charge on any atom is 0.307 e. The van der Waals surface area contributed by atoms with Crippen LogP contribution >= 0.6 is 11.3 Å². The number of H-pyrrole nitrogens is 1. The predicted octanol–water partition coefficient (Wildman–Crippen LogP) is 2.82. The normalized spacial score (nSPS) is 10.7. The predicted molar refractivity (Wildman–Crippen MR) is 106 cm³/mol.